The number of halogens is 1. The van der Waals surface area contributed by atoms with Crippen molar-refractivity contribution >= 4 is 23.2 Å². The third-order valence-electron chi connectivity index (χ3n) is 4.00. The summed E-state index contributed by atoms with van der Waals surface area (Å²) in [6.07, 6.45) is 0. The summed E-state index contributed by atoms with van der Waals surface area (Å²) in [5.41, 5.74) is 3.28. The van der Waals surface area contributed by atoms with Crippen molar-refractivity contribution in [1.29, 1.82) is 0 Å². The minimum absolute atomic E-state index is 0.0191. The van der Waals surface area contributed by atoms with Gasteiger partial charge in [-0.25, -0.2) is 0 Å². The lowest BCUT2D eigenvalue weighted by Crippen LogP contribution is -2.87. The molecule has 2 rings (SSSR count). The van der Waals surface area contributed by atoms with Crippen molar-refractivity contribution in [3.05, 3.63) is 64.7 Å². The number of nitrogens with one attached hydrogen (secondary N) is 1. The van der Waals surface area contributed by atoms with Gasteiger partial charge < -0.3 is 15.5 Å². The zero-order valence-corrected chi connectivity index (χ0v) is 15.2. The number of quaternary nitrogens is 1. The van der Waals surface area contributed by atoms with Gasteiger partial charge in [0, 0.05) is 36.9 Å². The molecule has 0 bridgehead atoms. The average Bonchev–Trinajstić information content (AvgIpc) is 2.58. The Bertz CT molecular complexity index is 671. The standard InChI is InChI=1S/C19H24ClN3O/c1-14(17-6-4-5-7-18(17)20)21-13-19(24)22-12-15-8-10-16(11-9-15)23(2)3/h4-11,14,21H,12-13H2,1-3H3,(H,22,24)/p+1/t14-/m0/s1. The summed E-state index contributed by atoms with van der Waals surface area (Å²) in [4.78, 5) is 14.1. The Morgan fingerprint density at radius 3 is 2.46 bits per heavy atom. The number of carbonyl (C=O) groups excluding carboxylic acids is 1. The summed E-state index contributed by atoms with van der Waals surface area (Å²) >= 11 is 6.19. The molecule has 1 amide bonds. The van der Waals surface area contributed by atoms with Gasteiger partial charge in [0.1, 0.15) is 6.04 Å². The molecule has 0 aliphatic heterocycles. The van der Waals surface area contributed by atoms with Gasteiger partial charge in [-0.3, -0.25) is 4.79 Å². The van der Waals surface area contributed by atoms with Crippen LogP contribution in [0.2, 0.25) is 5.02 Å². The number of amides is 1. The van der Waals surface area contributed by atoms with Crippen LogP contribution in [0.15, 0.2) is 48.5 Å². The summed E-state index contributed by atoms with van der Waals surface area (Å²) < 4.78 is 0. The molecule has 0 saturated carbocycles. The molecule has 0 aliphatic rings. The van der Waals surface area contributed by atoms with Crippen molar-refractivity contribution in [3.8, 4) is 0 Å². The Labute approximate surface area is 148 Å². The van der Waals surface area contributed by atoms with Crippen LogP contribution in [0, 0.1) is 0 Å². The predicted octanol–water partition coefficient (Wildman–Crippen LogP) is 2.35. The van der Waals surface area contributed by atoms with Crippen molar-refractivity contribution < 1.29 is 10.1 Å². The van der Waals surface area contributed by atoms with E-state index in [1.165, 1.54) is 0 Å². The molecule has 0 aromatic heterocycles. The second-order valence-electron chi connectivity index (χ2n) is 6.09. The summed E-state index contributed by atoms with van der Waals surface area (Å²) in [5, 5.41) is 5.68. The molecule has 0 aliphatic carbocycles. The third-order valence-corrected chi connectivity index (χ3v) is 4.34. The van der Waals surface area contributed by atoms with Crippen molar-refractivity contribution in [3.63, 3.8) is 0 Å². The van der Waals surface area contributed by atoms with Gasteiger partial charge in [0.15, 0.2) is 6.54 Å². The maximum atomic E-state index is 12.0. The number of nitrogens with two attached hydrogens (primary N) is 1. The molecule has 4 nitrogen and oxygen atoms in total. The number of hydrogen-bond donors (Lipinski definition) is 2. The van der Waals surface area contributed by atoms with Gasteiger partial charge in [-0.2, -0.15) is 0 Å². The molecule has 2 aromatic rings. The van der Waals surface area contributed by atoms with Crippen LogP contribution in [0.25, 0.3) is 0 Å². The van der Waals surface area contributed by atoms with E-state index in [-0.39, 0.29) is 11.9 Å². The maximum absolute atomic E-state index is 12.0. The monoisotopic (exact) mass is 346 g/mol. The molecule has 128 valence electrons. The van der Waals surface area contributed by atoms with E-state index in [1.54, 1.807) is 0 Å². The van der Waals surface area contributed by atoms with Crippen molar-refractivity contribution in [2.75, 3.05) is 25.5 Å². The molecule has 0 heterocycles. The minimum Gasteiger partial charge on any atom is -0.378 e. The largest absolute Gasteiger partial charge is 0.378 e. The lowest BCUT2D eigenvalue weighted by molar-refractivity contribution is -0.682. The summed E-state index contributed by atoms with van der Waals surface area (Å²) in [7, 11) is 4.01. The van der Waals surface area contributed by atoms with Crippen LogP contribution >= 0.6 is 11.6 Å². The number of nitrogens with zero attached hydrogens (tertiary/aromatic N) is 1. The van der Waals surface area contributed by atoms with E-state index in [0.29, 0.717) is 13.1 Å². The fraction of sp³-hybridized carbons (Fsp3) is 0.316. The van der Waals surface area contributed by atoms with Crippen LogP contribution in [0.1, 0.15) is 24.1 Å². The maximum Gasteiger partial charge on any atom is 0.275 e. The summed E-state index contributed by atoms with van der Waals surface area (Å²) in [6, 6.07) is 16.0. The predicted molar refractivity (Wildman–Crippen MR) is 99.3 cm³/mol. The SMILES string of the molecule is C[C@H]([NH2+]CC(=O)NCc1ccc(N(C)C)cc1)c1ccccc1Cl. The Morgan fingerprint density at radius 1 is 1.17 bits per heavy atom. The minimum atomic E-state index is 0.0191. The van der Waals surface area contributed by atoms with Gasteiger partial charge in [-0.15, -0.1) is 0 Å². The summed E-state index contributed by atoms with van der Waals surface area (Å²) in [5.74, 6) is 0.0191. The Hall–Kier alpha value is -2.04. The number of carbonyl (C=O) groups is 1. The first-order chi connectivity index (χ1) is 11.5. The number of hydrogen-bond acceptors (Lipinski definition) is 2. The molecule has 0 radical (unpaired) electrons. The Balaban J connectivity index is 1.78. The molecule has 24 heavy (non-hydrogen) atoms. The van der Waals surface area contributed by atoms with E-state index >= 15 is 0 Å². The molecule has 0 saturated heterocycles. The highest BCUT2D eigenvalue weighted by atomic mass is 35.5. The van der Waals surface area contributed by atoms with Gasteiger partial charge in [-0.05, 0) is 30.7 Å². The molecule has 0 unspecified atom stereocenters. The average molecular weight is 347 g/mol. The van der Waals surface area contributed by atoms with E-state index in [1.807, 2.05) is 72.8 Å². The molecule has 2 aromatic carbocycles. The first-order valence-corrected chi connectivity index (χ1v) is 8.46. The molecule has 1 atom stereocenters. The molecular formula is C19H25ClN3O+. The smallest absolute Gasteiger partial charge is 0.275 e. The highest BCUT2D eigenvalue weighted by Gasteiger charge is 2.13. The van der Waals surface area contributed by atoms with Gasteiger partial charge in [0.2, 0.25) is 0 Å². The van der Waals surface area contributed by atoms with Crippen LogP contribution < -0.4 is 15.5 Å². The molecule has 0 spiro atoms. The lowest BCUT2D eigenvalue weighted by Gasteiger charge is -2.14. The zero-order chi connectivity index (χ0) is 17.5. The van der Waals surface area contributed by atoms with Crippen LogP contribution in [0.5, 0.6) is 0 Å². The van der Waals surface area contributed by atoms with Gasteiger partial charge in [0.25, 0.3) is 5.91 Å². The highest BCUT2D eigenvalue weighted by molar-refractivity contribution is 6.31. The Morgan fingerprint density at radius 2 is 1.83 bits per heavy atom. The van der Waals surface area contributed by atoms with Gasteiger partial charge in [0.05, 0.1) is 0 Å². The molecule has 3 N–H and O–H groups in total. The van der Waals surface area contributed by atoms with Gasteiger partial charge in [-0.1, -0.05) is 41.9 Å². The van der Waals surface area contributed by atoms with Gasteiger partial charge >= 0.3 is 0 Å². The van der Waals surface area contributed by atoms with E-state index in [0.717, 1.165) is 21.8 Å². The van der Waals surface area contributed by atoms with Crippen LogP contribution in [-0.2, 0) is 11.3 Å². The second-order valence-corrected chi connectivity index (χ2v) is 6.49. The highest BCUT2D eigenvalue weighted by Crippen LogP contribution is 2.19. The third kappa shape index (κ3) is 5.25. The lowest BCUT2D eigenvalue weighted by atomic mass is 10.1. The first-order valence-electron chi connectivity index (χ1n) is 8.08. The number of anilines is 1. The van der Waals surface area contributed by atoms with E-state index in [4.69, 9.17) is 11.6 Å². The van der Waals surface area contributed by atoms with Crippen molar-refractivity contribution in [2.45, 2.75) is 19.5 Å². The van der Waals surface area contributed by atoms with E-state index < -0.39 is 0 Å². The zero-order valence-electron chi connectivity index (χ0n) is 14.4. The van der Waals surface area contributed by atoms with E-state index in [9.17, 15) is 4.79 Å². The topological polar surface area (TPSA) is 49.0 Å². The van der Waals surface area contributed by atoms with Crippen LogP contribution in [0.4, 0.5) is 5.69 Å². The molecule has 5 heteroatoms. The fourth-order valence-corrected chi connectivity index (χ4v) is 2.75. The quantitative estimate of drug-likeness (QED) is 0.808. The molecule has 0 fully saturated rings. The normalized spacial score (nSPS) is 11.8. The Kier molecular flexibility index (Phi) is 6.64. The number of rotatable bonds is 7. The van der Waals surface area contributed by atoms with Crippen LogP contribution in [0.3, 0.4) is 0 Å². The van der Waals surface area contributed by atoms with E-state index in [2.05, 4.69) is 12.2 Å². The first kappa shape index (κ1) is 18.3. The van der Waals surface area contributed by atoms with Crippen molar-refractivity contribution in [1.82, 2.24) is 5.32 Å². The number of benzene rings is 2. The summed E-state index contributed by atoms with van der Waals surface area (Å²) in [6.45, 7) is 2.97. The van der Waals surface area contributed by atoms with Crippen LogP contribution in [-0.4, -0.2) is 26.5 Å². The molecular weight excluding hydrogens is 322 g/mol. The van der Waals surface area contributed by atoms with Crippen molar-refractivity contribution in [2.24, 2.45) is 0 Å². The second kappa shape index (κ2) is 8.71. The fourth-order valence-electron chi connectivity index (χ4n) is 2.44.